The normalized spacial score (nSPS) is 2.43. The zero-order chi connectivity index (χ0) is 2.71. The van der Waals surface area contributed by atoms with Gasteiger partial charge in [0.2, 0.25) is 0 Å². The van der Waals surface area contributed by atoms with Crippen molar-refractivity contribution in [2.24, 2.45) is 5.64 Å². The molecule has 0 aliphatic rings. The van der Waals surface area contributed by atoms with Gasteiger partial charge in [-0.15, -0.1) is 0 Å². The van der Waals surface area contributed by atoms with Crippen LogP contribution >= 0.6 is 0 Å². The molecule has 0 aromatic carbocycles. The van der Waals surface area contributed by atoms with Crippen molar-refractivity contribution >= 4 is 113 Å². The molecule has 7 heavy (non-hydrogen) atoms. The SMILES string of the molecule is [B][B-]N.[Sb].[Sb].[Sb].[Sb]. The Labute approximate surface area is 116 Å². The van der Waals surface area contributed by atoms with E-state index in [0.717, 1.165) is 7.31 Å². The zero-order valence-electron chi connectivity index (χ0n) is 3.52. The van der Waals surface area contributed by atoms with Gasteiger partial charge in [0.1, 0.15) is 0 Å². The smallest absolute Gasteiger partial charge is 0 e. The van der Waals surface area contributed by atoms with Crippen LogP contribution in [0.5, 0.6) is 0 Å². The van der Waals surface area contributed by atoms with E-state index < -0.39 is 0 Å². The molecule has 7 heteroatoms. The number of nitrogens with two attached hydrogens (primary N) is 1. The van der Waals surface area contributed by atoms with E-state index in [4.69, 9.17) is 0 Å². The Morgan fingerprint density at radius 3 is 1.00 bits per heavy atom. The van der Waals surface area contributed by atoms with Gasteiger partial charge in [-0.3, -0.25) is 0 Å². The summed E-state index contributed by atoms with van der Waals surface area (Å²) < 4.78 is 0. The van der Waals surface area contributed by atoms with Crippen LogP contribution in [0.4, 0.5) is 0 Å². The Bertz CT molecular complexity index is 9.65. The van der Waals surface area contributed by atoms with E-state index in [0.29, 0.717) is 0 Å². The predicted octanol–water partition coefficient (Wildman–Crippen LogP) is -2.88. The van der Waals surface area contributed by atoms with E-state index in [1.165, 1.54) is 0 Å². The fourth-order valence-electron chi connectivity index (χ4n) is 0. The van der Waals surface area contributed by atoms with Crippen LogP contribution in [0.3, 0.4) is 0 Å². The van der Waals surface area contributed by atoms with Crippen molar-refractivity contribution in [3.63, 3.8) is 0 Å². The summed E-state index contributed by atoms with van der Waals surface area (Å²) in [5.41, 5.74) is 4.50. The molecule has 0 aromatic heterocycles. The number of hydrogen-bond donors (Lipinski definition) is 1. The Morgan fingerprint density at radius 1 is 1.00 bits per heavy atom. The van der Waals surface area contributed by atoms with Crippen molar-refractivity contribution in [3.05, 3.63) is 0 Å². The molecule has 0 atom stereocenters. The van der Waals surface area contributed by atoms with Gasteiger partial charge < -0.3 is 12.9 Å². The van der Waals surface area contributed by atoms with E-state index >= 15 is 0 Å². The van der Waals surface area contributed by atoms with Crippen LogP contribution in [0.25, 0.3) is 0 Å². The van der Waals surface area contributed by atoms with Gasteiger partial charge in [-0.1, -0.05) is 0 Å². The van der Waals surface area contributed by atoms with Crippen LogP contribution in [0, 0.1) is 0 Å². The summed E-state index contributed by atoms with van der Waals surface area (Å²) in [5, 5.41) is 0. The Kier molecular flexibility index (Phi) is 155. The summed E-state index contributed by atoms with van der Waals surface area (Å²) in [6.45, 7) is 0. The van der Waals surface area contributed by atoms with Gasteiger partial charge in [-0.05, 0) is 0 Å². The standard InChI is InChI=1S/B2H2N.4Sb/c1-2-3;;;;/h3H2;;;;/q-1;;;;. The summed E-state index contributed by atoms with van der Waals surface area (Å²) >= 11 is 0. The summed E-state index contributed by atoms with van der Waals surface area (Å²) in [6, 6.07) is 0. The third-order valence-electron chi connectivity index (χ3n) is 0. The van der Waals surface area contributed by atoms with Gasteiger partial charge in [-0.2, -0.15) is 0 Å². The molecule has 2 N–H and O–H groups in total. The van der Waals surface area contributed by atoms with E-state index in [2.05, 4.69) is 13.4 Å². The number of rotatable bonds is 0. The van der Waals surface area contributed by atoms with Gasteiger partial charge >= 0.3 is 0 Å². The molecule has 16 radical (unpaired) electrons. The summed E-state index contributed by atoms with van der Waals surface area (Å²) in [6.07, 6.45) is 0. The molecule has 0 fully saturated rings. The number of hydrogen-bond acceptors (Lipinski definition) is 1. The van der Waals surface area contributed by atoms with Crippen molar-refractivity contribution < 1.29 is 0 Å². The average molecular weight is 525 g/mol. The van der Waals surface area contributed by atoms with Crippen LogP contribution in [0.2, 0.25) is 0 Å². The molecule has 0 rings (SSSR count). The average Bonchev–Trinajstić information content (AvgIpc) is 0.918. The quantitative estimate of drug-likeness (QED) is 0.339. The summed E-state index contributed by atoms with van der Waals surface area (Å²) in [5.74, 6) is 0. The van der Waals surface area contributed by atoms with Gasteiger partial charge in [0, 0.05) is 97.7 Å². The van der Waals surface area contributed by atoms with E-state index in [-0.39, 0.29) is 97.7 Å². The Balaban J connectivity index is -0.00000000333. The minimum atomic E-state index is 0. The first-order chi connectivity index (χ1) is 1.41. The molecule has 0 heterocycles. The van der Waals surface area contributed by atoms with Crippen LogP contribution in [-0.2, 0) is 0 Å². The molecule has 34 valence electrons. The molecule has 0 spiro atoms. The van der Waals surface area contributed by atoms with E-state index in [9.17, 15) is 0 Å². The first-order valence-electron chi connectivity index (χ1n) is 0.667. The molecule has 0 unspecified atom stereocenters. The van der Waals surface area contributed by atoms with Crippen LogP contribution in [-0.4, -0.2) is 113 Å². The molecule has 0 aliphatic heterocycles. The van der Waals surface area contributed by atoms with Gasteiger partial charge in [0.15, 0.2) is 0 Å². The molecule has 0 saturated carbocycles. The molecule has 0 aliphatic carbocycles. The summed E-state index contributed by atoms with van der Waals surface area (Å²) in [7, 11) is 5.50. The Morgan fingerprint density at radius 2 is 1.00 bits per heavy atom. The largest absolute Gasteiger partial charge is 0.576 e. The van der Waals surface area contributed by atoms with Crippen molar-refractivity contribution in [2.45, 2.75) is 0 Å². The topological polar surface area (TPSA) is 26.0 Å². The fourth-order valence-corrected chi connectivity index (χ4v) is 0. The Hall–Kier alpha value is 3.36. The van der Waals surface area contributed by atoms with Crippen LogP contribution < -0.4 is 5.64 Å². The van der Waals surface area contributed by atoms with Gasteiger partial charge in [0.25, 0.3) is 0 Å². The van der Waals surface area contributed by atoms with E-state index in [1.807, 2.05) is 0 Å². The minimum absolute atomic E-state index is 0. The summed E-state index contributed by atoms with van der Waals surface area (Å²) in [4.78, 5) is 0. The van der Waals surface area contributed by atoms with Crippen molar-refractivity contribution in [1.82, 2.24) is 0 Å². The third-order valence-corrected chi connectivity index (χ3v) is 0. The molecule has 0 saturated heterocycles. The third kappa shape index (κ3) is 44.9. The maximum atomic E-state index is 4.50. The second kappa shape index (κ2) is 34.4. The van der Waals surface area contributed by atoms with Crippen LogP contribution in [0.15, 0.2) is 0 Å². The van der Waals surface area contributed by atoms with E-state index in [1.54, 1.807) is 0 Å². The van der Waals surface area contributed by atoms with Crippen molar-refractivity contribution in [3.8, 4) is 0 Å². The first kappa shape index (κ1) is 31.6. The second-order valence-corrected chi connectivity index (χ2v) is 0.192. The fraction of sp³-hybridized carbons (Fsp3) is 0. The molecule has 1 nitrogen and oxygen atoms in total. The van der Waals surface area contributed by atoms with Gasteiger partial charge in [0.05, 0.1) is 0 Å². The van der Waals surface area contributed by atoms with Crippen molar-refractivity contribution in [1.29, 1.82) is 0 Å². The second-order valence-electron chi connectivity index (χ2n) is 0.192. The van der Waals surface area contributed by atoms with Crippen LogP contribution in [0.1, 0.15) is 0 Å². The zero-order valence-corrected chi connectivity index (χ0v) is 13.7. The predicted molar refractivity (Wildman–Crippen MR) is 38.7 cm³/mol. The molecule has 0 aromatic rings. The molecule has 0 bridgehead atoms. The maximum absolute atomic E-state index is 4.50. The molecule has 0 amide bonds. The molecular weight excluding hydrogens is 523 g/mol. The minimum Gasteiger partial charge on any atom is -0.576 e. The van der Waals surface area contributed by atoms with Gasteiger partial charge in [-0.25, -0.2) is 7.74 Å². The first-order valence-corrected chi connectivity index (χ1v) is 0.667. The molecular formula is H2B2NSb4-. The maximum Gasteiger partial charge on any atom is 0 e. The van der Waals surface area contributed by atoms with Crippen molar-refractivity contribution in [2.75, 3.05) is 0 Å². The monoisotopic (exact) mass is 522 g/mol.